The molecule has 0 aliphatic carbocycles. The summed E-state index contributed by atoms with van der Waals surface area (Å²) in [7, 11) is 0.753. The molecular weight excluding hydrogens is 358 g/mol. The zero-order valence-corrected chi connectivity index (χ0v) is 13.4. The van der Waals surface area contributed by atoms with E-state index in [1.807, 2.05) is 5.32 Å². The first-order valence-corrected chi connectivity index (χ1v) is 7.18. The summed E-state index contributed by atoms with van der Waals surface area (Å²) in [5, 5.41) is 3.55. The Balaban J connectivity index is 2.46. The monoisotopic (exact) mass is 372 g/mol. The highest BCUT2D eigenvalue weighted by atomic mass is 19.4. The summed E-state index contributed by atoms with van der Waals surface area (Å²) in [6, 6.07) is 7.93. The van der Waals surface area contributed by atoms with Gasteiger partial charge in [-0.25, -0.2) is 19.5 Å². The van der Waals surface area contributed by atoms with Crippen LogP contribution in [0.15, 0.2) is 48.7 Å². The van der Waals surface area contributed by atoms with Crippen molar-refractivity contribution in [1.29, 1.82) is 0 Å². The molecule has 1 atom stereocenters. The molecule has 6 nitrogen and oxygen atoms in total. The number of benzene rings is 1. The zero-order chi connectivity index (χ0) is 19.4. The van der Waals surface area contributed by atoms with Crippen molar-refractivity contribution in [3.8, 4) is 0 Å². The van der Waals surface area contributed by atoms with Crippen molar-refractivity contribution in [3.63, 3.8) is 0 Å². The van der Waals surface area contributed by atoms with E-state index in [0.29, 0.717) is 0 Å². The molecule has 10 heteroatoms. The van der Waals surface area contributed by atoms with Crippen LogP contribution < -0.4 is 15.6 Å². The van der Waals surface area contributed by atoms with Gasteiger partial charge in [0.15, 0.2) is 0 Å². The molecule has 0 aliphatic rings. The third-order valence-electron chi connectivity index (χ3n) is 3.36. The van der Waals surface area contributed by atoms with Crippen molar-refractivity contribution < 1.29 is 36.9 Å². The van der Waals surface area contributed by atoms with Gasteiger partial charge >= 0.3 is 17.8 Å². The molecule has 0 fully saturated rings. The van der Waals surface area contributed by atoms with Gasteiger partial charge in [0.25, 0.3) is 11.7 Å². The van der Waals surface area contributed by atoms with Gasteiger partial charge in [-0.05, 0) is 30.3 Å². The second kappa shape index (κ2) is 7.38. The van der Waals surface area contributed by atoms with Gasteiger partial charge in [-0.2, -0.15) is 13.2 Å². The van der Waals surface area contributed by atoms with E-state index in [-0.39, 0.29) is 11.4 Å². The summed E-state index contributed by atoms with van der Waals surface area (Å²) in [4.78, 5) is 26.7. The van der Waals surface area contributed by atoms with Crippen molar-refractivity contribution in [3.05, 3.63) is 60.0 Å². The lowest BCUT2D eigenvalue weighted by Gasteiger charge is -2.30. The number of ether oxygens (including phenoxy) is 1. The van der Waals surface area contributed by atoms with Crippen molar-refractivity contribution in [2.45, 2.75) is 11.8 Å². The lowest BCUT2D eigenvalue weighted by Crippen LogP contribution is -2.69. The van der Waals surface area contributed by atoms with Crippen LogP contribution in [0.4, 0.5) is 23.4 Å². The van der Waals surface area contributed by atoms with Gasteiger partial charge in [0.05, 0.1) is 13.3 Å². The third-order valence-corrected chi connectivity index (χ3v) is 3.36. The smallest absolute Gasteiger partial charge is 0.464 e. The van der Waals surface area contributed by atoms with Crippen molar-refractivity contribution in [2.24, 2.45) is 0 Å². The number of carbonyl (C=O) groups excluding carboxylic acids is 2. The number of anilines is 1. The first-order chi connectivity index (χ1) is 12.2. The van der Waals surface area contributed by atoms with Crippen LogP contribution >= 0.6 is 0 Å². The minimum Gasteiger partial charge on any atom is -0.464 e. The first kappa shape index (κ1) is 19.2. The van der Waals surface area contributed by atoms with Gasteiger partial charge in [0.1, 0.15) is 5.82 Å². The number of esters is 1. The highest BCUT2D eigenvalue weighted by Crippen LogP contribution is 2.32. The molecule has 0 saturated carbocycles. The standard InChI is InChI=1S/C16H13F4N3O3/c1-26-14(25)15(16(18,19)20,22-12-4-2-3-9-21-12)23-13(24)10-5-7-11(17)8-6-10/h2-9H,1H3,(H,21,22)(H,23,24)/p+1/t15-/m0/s1. The predicted molar refractivity (Wildman–Crippen MR) is 81.3 cm³/mol. The molecule has 1 heterocycles. The summed E-state index contributed by atoms with van der Waals surface area (Å²) >= 11 is 0. The van der Waals surface area contributed by atoms with Crippen LogP contribution in [0, 0.1) is 5.82 Å². The lowest BCUT2D eigenvalue weighted by atomic mass is 10.1. The Morgan fingerprint density at radius 1 is 1.08 bits per heavy atom. The fraction of sp³-hybridized carbons (Fsp3) is 0.188. The molecule has 26 heavy (non-hydrogen) atoms. The minimum absolute atomic E-state index is 0.199. The summed E-state index contributed by atoms with van der Waals surface area (Å²) in [6.45, 7) is 0. The van der Waals surface area contributed by atoms with Gasteiger partial charge < -0.3 is 4.74 Å². The molecule has 0 aliphatic heterocycles. The maximum absolute atomic E-state index is 13.8. The summed E-state index contributed by atoms with van der Waals surface area (Å²) < 4.78 is 58.6. The SMILES string of the molecule is COC(=O)[C@@](NC(=O)c1ccc(F)cc1)(Nc1cccc[nH+]1)C(F)(F)F. The van der Waals surface area contributed by atoms with Crippen LogP contribution in [0.3, 0.4) is 0 Å². The number of hydrogen-bond donors (Lipinski definition) is 2. The van der Waals surface area contributed by atoms with Gasteiger partial charge in [-0.1, -0.05) is 6.07 Å². The van der Waals surface area contributed by atoms with Crippen LogP contribution in [-0.4, -0.2) is 30.8 Å². The number of rotatable bonds is 5. The fourth-order valence-electron chi connectivity index (χ4n) is 2.06. The Morgan fingerprint density at radius 2 is 1.73 bits per heavy atom. The highest BCUT2D eigenvalue weighted by Gasteiger charge is 2.67. The maximum atomic E-state index is 13.8. The molecule has 3 N–H and O–H groups in total. The third kappa shape index (κ3) is 3.90. The van der Waals surface area contributed by atoms with Gasteiger partial charge in [-0.3, -0.25) is 10.1 Å². The van der Waals surface area contributed by atoms with E-state index >= 15 is 0 Å². The number of pyridine rings is 1. The number of carbonyl (C=O) groups is 2. The Bertz CT molecular complexity index is 782. The molecule has 1 aromatic heterocycles. The van der Waals surface area contributed by atoms with E-state index < -0.39 is 29.5 Å². The van der Waals surface area contributed by atoms with Crippen molar-refractivity contribution >= 4 is 17.7 Å². The Hall–Kier alpha value is -3.17. The summed E-state index contributed by atoms with van der Waals surface area (Å²) in [6.07, 6.45) is -3.94. The van der Waals surface area contributed by atoms with E-state index in [0.717, 1.165) is 31.4 Å². The van der Waals surface area contributed by atoms with Gasteiger partial charge in [0.2, 0.25) is 0 Å². The maximum Gasteiger partial charge on any atom is 0.464 e. The number of hydrogen-bond acceptors (Lipinski definition) is 4. The molecule has 0 radical (unpaired) electrons. The second-order valence-electron chi connectivity index (χ2n) is 5.10. The first-order valence-electron chi connectivity index (χ1n) is 7.18. The average molecular weight is 372 g/mol. The zero-order valence-electron chi connectivity index (χ0n) is 13.4. The average Bonchev–Trinajstić information content (AvgIpc) is 2.60. The van der Waals surface area contributed by atoms with Gasteiger partial charge in [0, 0.05) is 11.6 Å². The minimum atomic E-state index is -5.26. The van der Waals surface area contributed by atoms with Crippen LogP contribution in [0.1, 0.15) is 10.4 Å². The Kier molecular flexibility index (Phi) is 5.44. The summed E-state index contributed by atoms with van der Waals surface area (Å²) in [5.41, 5.74) is -3.84. The number of aromatic nitrogens is 1. The molecule has 0 bridgehead atoms. The van der Waals surface area contributed by atoms with Crippen LogP contribution in [0.5, 0.6) is 0 Å². The van der Waals surface area contributed by atoms with E-state index in [1.54, 1.807) is 5.32 Å². The topological polar surface area (TPSA) is 81.6 Å². The number of halogens is 4. The number of methoxy groups -OCH3 is 1. The Morgan fingerprint density at radius 3 is 2.23 bits per heavy atom. The molecule has 1 amide bonds. The molecule has 2 aromatic rings. The number of aromatic amines is 1. The number of alkyl halides is 3. The van der Waals surface area contributed by atoms with Crippen LogP contribution in [-0.2, 0) is 9.53 Å². The predicted octanol–water partition coefficient (Wildman–Crippen LogP) is 1.91. The fourth-order valence-corrected chi connectivity index (χ4v) is 2.06. The molecule has 138 valence electrons. The molecule has 1 aromatic carbocycles. The largest absolute Gasteiger partial charge is 0.464 e. The van der Waals surface area contributed by atoms with Gasteiger partial charge in [-0.15, -0.1) is 0 Å². The molecular formula is C16H14F4N3O3+. The highest BCUT2D eigenvalue weighted by molar-refractivity contribution is 5.99. The van der Waals surface area contributed by atoms with E-state index in [9.17, 15) is 27.2 Å². The molecule has 0 unspecified atom stereocenters. The number of amides is 1. The normalized spacial score (nSPS) is 13.4. The van der Waals surface area contributed by atoms with E-state index in [1.165, 1.54) is 24.4 Å². The number of nitrogens with one attached hydrogen (secondary N) is 3. The molecule has 0 saturated heterocycles. The Labute approximate surface area is 145 Å². The summed E-state index contributed by atoms with van der Waals surface area (Å²) in [5.74, 6) is -3.91. The van der Waals surface area contributed by atoms with E-state index in [4.69, 9.17) is 0 Å². The van der Waals surface area contributed by atoms with Crippen molar-refractivity contribution in [1.82, 2.24) is 5.32 Å². The molecule has 0 spiro atoms. The van der Waals surface area contributed by atoms with Crippen LogP contribution in [0.25, 0.3) is 0 Å². The number of H-pyrrole nitrogens is 1. The molecule has 2 rings (SSSR count). The van der Waals surface area contributed by atoms with Crippen molar-refractivity contribution in [2.75, 3.05) is 12.4 Å². The second-order valence-corrected chi connectivity index (χ2v) is 5.10. The quantitative estimate of drug-likeness (QED) is 0.477. The van der Waals surface area contributed by atoms with E-state index in [2.05, 4.69) is 9.72 Å². The lowest BCUT2D eigenvalue weighted by molar-refractivity contribution is -0.363. The van der Waals surface area contributed by atoms with Crippen LogP contribution in [0.2, 0.25) is 0 Å².